The maximum atomic E-state index is 14.0. The van der Waals surface area contributed by atoms with Gasteiger partial charge in [0.05, 0.1) is 43.7 Å². The van der Waals surface area contributed by atoms with E-state index in [1.165, 1.54) is 17.0 Å². The zero-order valence-corrected chi connectivity index (χ0v) is 20.5. The molecule has 4 rings (SSSR count). The molecule has 1 aliphatic heterocycles. The third-order valence-corrected chi connectivity index (χ3v) is 5.72. The fourth-order valence-electron chi connectivity index (χ4n) is 4.04. The lowest BCUT2D eigenvalue weighted by atomic mass is 10.00. The van der Waals surface area contributed by atoms with Crippen LogP contribution in [-0.2, 0) is 30.5 Å². The molecule has 0 aliphatic carbocycles. The second-order valence-corrected chi connectivity index (χ2v) is 9.74. The van der Waals surface area contributed by atoms with Crippen molar-refractivity contribution in [2.24, 2.45) is 0 Å². The Hall–Kier alpha value is -3.20. The van der Waals surface area contributed by atoms with Gasteiger partial charge in [0, 0.05) is 16.1 Å². The van der Waals surface area contributed by atoms with Crippen molar-refractivity contribution in [3.63, 3.8) is 0 Å². The highest BCUT2D eigenvalue weighted by atomic mass is 35.5. The lowest BCUT2D eigenvalue weighted by Gasteiger charge is -2.24. The van der Waals surface area contributed by atoms with Crippen molar-refractivity contribution in [3.05, 3.63) is 69.9 Å². The second-order valence-electron chi connectivity index (χ2n) is 9.31. The Balaban J connectivity index is 1.81. The number of carbonyl (C=O) groups excluding carboxylic acids is 1. The number of nitrogens with zero attached hydrogens (tertiary/aromatic N) is 3. The smallest absolute Gasteiger partial charge is 0.417 e. The van der Waals surface area contributed by atoms with E-state index in [-0.39, 0.29) is 35.9 Å². The molecule has 1 aliphatic rings. The number of halogens is 4. The summed E-state index contributed by atoms with van der Waals surface area (Å²) in [6, 6.07) is 10.9. The number of rotatable bonds is 4. The van der Waals surface area contributed by atoms with Crippen LogP contribution in [0.1, 0.15) is 43.2 Å². The van der Waals surface area contributed by atoms with Crippen LogP contribution in [0.15, 0.2) is 42.5 Å². The van der Waals surface area contributed by atoms with Crippen LogP contribution in [0.25, 0.3) is 11.3 Å². The first kappa shape index (κ1) is 24.9. The number of alkyl halides is 3. The van der Waals surface area contributed by atoms with Gasteiger partial charge in [0.15, 0.2) is 0 Å². The number of hydrogen-bond acceptors (Lipinski definition) is 4. The Morgan fingerprint density at radius 2 is 1.86 bits per heavy atom. The molecule has 0 fully saturated rings. The van der Waals surface area contributed by atoms with E-state index in [1.807, 2.05) is 6.07 Å². The van der Waals surface area contributed by atoms with E-state index in [0.29, 0.717) is 17.0 Å². The minimum absolute atomic E-state index is 0.0213. The minimum atomic E-state index is -4.64. The van der Waals surface area contributed by atoms with Crippen LogP contribution in [0.5, 0.6) is 5.75 Å². The van der Waals surface area contributed by atoms with Crippen LogP contribution < -0.4 is 4.74 Å². The summed E-state index contributed by atoms with van der Waals surface area (Å²) in [4.78, 5) is 14.1. The van der Waals surface area contributed by atoms with Gasteiger partial charge in [0.1, 0.15) is 11.4 Å². The molecule has 6 nitrogen and oxygen atoms in total. The van der Waals surface area contributed by atoms with E-state index >= 15 is 0 Å². The van der Waals surface area contributed by atoms with Gasteiger partial charge in [-0.25, -0.2) is 4.79 Å². The fraction of sp³-hybridized carbons (Fsp3) is 0.360. The summed E-state index contributed by atoms with van der Waals surface area (Å²) in [5, 5.41) is 4.60. The van der Waals surface area contributed by atoms with E-state index in [1.54, 1.807) is 50.8 Å². The zero-order valence-electron chi connectivity index (χ0n) is 19.7. The lowest BCUT2D eigenvalue weighted by molar-refractivity contribution is -0.137. The summed E-state index contributed by atoms with van der Waals surface area (Å²) < 4.78 is 54.4. The van der Waals surface area contributed by atoms with Crippen molar-refractivity contribution in [1.82, 2.24) is 14.7 Å². The topological polar surface area (TPSA) is 56.6 Å². The van der Waals surface area contributed by atoms with E-state index in [0.717, 1.165) is 11.6 Å². The predicted octanol–water partition coefficient (Wildman–Crippen LogP) is 6.53. The average molecular weight is 508 g/mol. The number of benzene rings is 2. The van der Waals surface area contributed by atoms with Gasteiger partial charge >= 0.3 is 12.3 Å². The molecule has 1 aromatic heterocycles. The van der Waals surface area contributed by atoms with E-state index < -0.39 is 23.4 Å². The molecule has 0 unspecified atom stereocenters. The molecular weight excluding hydrogens is 483 g/mol. The maximum absolute atomic E-state index is 14.0. The molecule has 0 radical (unpaired) electrons. The molecule has 2 heterocycles. The first-order valence-electron chi connectivity index (χ1n) is 10.9. The van der Waals surface area contributed by atoms with Gasteiger partial charge in [0.25, 0.3) is 0 Å². The molecular formula is C25H25ClF3N3O3. The monoisotopic (exact) mass is 507 g/mol. The van der Waals surface area contributed by atoms with Gasteiger partial charge in [-0.1, -0.05) is 29.8 Å². The third kappa shape index (κ3) is 5.40. The summed E-state index contributed by atoms with van der Waals surface area (Å²) in [6.07, 6.45) is -5.19. The van der Waals surface area contributed by atoms with Gasteiger partial charge in [-0.15, -0.1) is 0 Å². The first-order chi connectivity index (χ1) is 16.4. The first-order valence-corrected chi connectivity index (χ1v) is 11.3. The highest BCUT2D eigenvalue weighted by molar-refractivity contribution is 6.30. The van der Waals surface area contributed by atoms with Gasteiger partial charge in [-0.2, -0.15) is 18.3 Å². The zero-order chi connectivity index (χ0) is 25.5. The summed E-state index contributed by atoms with van der Waals surface area (Å²) in [5.74, 6) is 0.627. The van der Waals surface area contributed by atoms with Crippen LogP contribution in [0, 0.1) is 0 Å². The molecule has 35 heavy (non-hydrogen) atoms. The number of methoxy groups -OCH3 is 1. The Labute approximate surface area is 206 Å². The van der Waals surface area contributed by atoms with Gasteiger partial charge in [-0.3, -0.25) is 9.58 Å². The van der Waals surface area contributed by atoms with Crippen LogP contribution in [0.3, 0.4) is 0 Å². The molecule has 0 saturated heterocycles. The van der Waals surface area contributed by atoms with Crippen LogP contribution in [-0.4, -0.2) is 33.5 Å². The molecule has 0 atom stereocenters. The number of fused-ring (bicyclic) bond motifs is 1. The van der Waals surface area contributed by atoms with Crippen LogP contribution in [0.4, 0.5) is 18.0 Å². The molecule has 0 N–H and O–H groups in total. The number of carbonyl (C=O) groups is 1. The molecule has 2 aromatic carbocycles. The number of hydrogen-bond donors (Lipinski definition) is 0. The van der Waals surface area contributed by atoms with Crippen LogP contribution in [0.2, 0.25) is 5.02 Å². The normalized spacial score (nSPS) is 13.7. The summed E-state index contributed by atoms with van der Waals surface area (Å²) in [5.41, 5.74) is 0.547. The third-order valence-electron chi connectivity index (χ3n) is 5.48. The number of ether oxygens (including phenoxy) is 2. The molecule has 3 aromatic rings. The van der Waals surface area contributed by atoms with Crippen molar-refractivity contribution >= 4 is 17.7 Å². The largest absolute Gasteiger partial charge is 0.497 e. The number of amides is 1. The fourth-order valence-corrected chi connectivity index (χ4v) is 4.21. The van der Waals surface area contributed by atoms with Crippen molar-refractivity contribution < 1.29 is 27.4 Å². The Morgan fingerprint density at radius 3 is 2.51 bits per heavy atom. The van der Waals surface area contributed by atoms with Crippen molar-refractivity contribution in [2.75, 3.05) is 7.11 Å². The van der Waals surface area contributed by atoms with Gasteiger partial charge < -0.3 is 9.47 Å². The molecule has 0 bridgehead atoms. The van der Waals surface area contributed by atoms with Gasteiger partial charge in [0.2, 0.25) is 0 Å². The lowest BCUT2D eigenvalue weighted by Crippen LogP contribution is -2.33. The van der Waals surface area contributed by atoms with E-state index in [4.69, 9.17) is 21.1 Å². The highest BCUT2D eigenvalue weighted by Gasteiger charge is 2.38. The Kier molecular flexibility index (Phi) is 6.48. The van der Waals surface area contributed by atoms with E-state index in [2.05, 4.69) is 5.10 Å². The second kappa shape index (κ2) is 9.11. The molecule has 0 saturated carbocycles. The average Bonchev–Trinajstić information content (AvgIpc) is 3.30. The Bertz CT molecular complexity index is 1270. The molecule has 10 heteroatoms. The summed E-state index contributed by atoms with van der Waals surface area (Å²) in [6.45, 7) is 5.69. The van der Waals surface area contributed by atoms with Crippen LogP contribution >= 0.6 is 11.6 Å². The minimum Gasteiger partial charge on any atom is -0.497 e. The molecule has 0 spiro atoms. The summed E-state index contributed by atoms with van der Waals surface area (Å²) >= 11 is 5.92. The Morgan fingerprint density at radius 1 is 1.11 bits per heavy atom. The SMILES string of the molecule is COc1cccc(Cn2nc3c(c2-c2ccc(Cl)cc2C(F)(F)F)CN(C(=O)OC(C)(C)C)C3)c1. The highest BCUT2D eigenvalue weighted by Crippen LogP contribution is 2.42. The number of aromatic nitrogens is 2. The predicted molar refractivity (Wildman–Crippen MR) is 125 cm³/mol. The van der Waals surface area contributed by atoms with E-state index in [9.17, 15) is 18.0 Å². The maximum Gasteiger partial charge on any atom is 0.417 e. The van der Waals surface area contributed by atoms with Crippen molar-refractivity contribution in [2.45, 2.75) is 52.2 Å². The molecule has 186 valence electrons. The molecule has 1 amide bonds. The standard InChI is InChI=1S/C25H25ClF3N3O3/c1-24(2,3)35-23(33)31-13-19-21(14-31)30-32(12-15-6-5-7-17(10-15)34-4)22(19)18-9-8-16(26)11-20(18)25(27,28)29/h5-11H,12-14H2,1-4H3. The van der Waals surface area contributed by atoms with Gasteiger partial charge in [-0.05, 0) is 50.6 Å². The quantitative estimate of drug-likeness (QED) is 0.403. The van der Waals surface area contributed by atoms with Crippen molar-refractivity contribution in [1.29, 1.82) is 0 Å². The summed E-state index contributed by atoms with van der Waals surface area (Å²) in [7, 11) is 1.54. The van der Waals surface area contributed by atoms with Crippen molar-refractivity contribution in [3.8, 4) is 17.0 Å².